The van der Waals surface area contributed by atoms with Gasteiger partial charge in [0.25, 0.3) is 0 Å². The lowest BCUT2D eigenvalue weighted by molar-refractivity contribution is 0.0843. The van der Waals surface area contributed by atoms with Gasteiger partial charge in [0.1, 0.15) is 0 Å². The molecule has 1 aliphatic rings. The van der Waals surface area contributed by atoms with Crippen LogP contribution < -0.4 is 0 Å². The number of hydrogen-bond donors (Lipinski definition) is 0. The van der Waals surface area contributed by atoms with E-state index in [0.717, 1.165) is 12.0 Å². The molecule has 0 saturated carbocycles. The minimum atomic E-state index is 0.749. The molecule has 1 saturated heterocycles. The predicted octanol–water partition coefficient (Wildman–Crippen LogP) is 2.06. The predicted molar refractivity (Wildman–Crippen MR) is 62.6 cm³/mol. The van der Waals surface area contributed by atoms with Gasteiger partial charge in [0.2, 0.25) is 0 Å². The zero-order valence-corrected chi connectivity index (χ0v) is 10.3. The molecule has 0 spiro atoms. The summed E-state index contributed by atoms with van der Waals surface area (Å²) < 4.78 is 0. The molecule has 1 heterocycles. The second-order valence-corrected chi connectivity index (χ2v) is 4.86. The molecule has 0 amide bonds. The molecule has 0 bridgehead atoms. The minimum absolute atomic E-state index is 0.749. The lowest BCUT2D eigenvalue weighted by atomic mass is 10.0. The fraction of sp³-hybridized carbons (Fsp3) is 1.00. The van der Waals surface area contributed by atoms with Crippen LogP contribution in [0.25, 0.3) is 0 Å². The van der Waals surface area contributed by atoms with Gasteiger partial charge in [-0.05, 0) is 25.8 Å². The molecule has 1 aliphatic heterocycles. The highest BCUT2D eigenvalue weighted by Crippen LogP contribution is 2.12. The van der Waals surface area contributed by atoms with Crippen molar-refractivity contribution in [2.24, 2.45) is 5.92 Å². The van der Waals surface area contributed by atoms with E-state index in [2.05, 4.69) is 37.5 Å². The average Bonchev–Trinajstić information content (AvgIpc) is 2.18. The molecule has 0 N–H and O–H groups in total. The minimum Gasteiger partial charge on any atom is -0.301 e. The van der Waals surface area contributed by atoms with Crippen molar-refractivity contribution >= 4 is 0 Å². The van der Waals surface area contributed by atoms with Gasteiger partial charge in [-0.25, -0.2) is 0 Å². The van der Waals surface area contributed by atoms with Crippen LogP contribution in [0.2, 0.25) is 0 Å². The van der Waals surface area contributed by atoms with Crippen LogP contribution in [0, 0.1) is 5.92 Å². The molecule has 1 rings (SSSR count). The molecule has 2 heteroatoms. The molecule has 0 aromatic heterocycles. The Balaban J connectivity index is 2.28. The Morgan fingerprint density at radius 2 is 1.57 bits per heavy atom. The third kappa shape index (κ3) is 3.25. The maximum atomic E-state index is 2.64. The fourth-order valence-corrected chi connectivity index (χ4v) is 2.13. The Labute approximate surface area is 89.3 Å². The first kappa shape index (κ1) is 12.0. The Bertz CT molecular complexity index is 148. The Morgan fingerprint density at radius 1 is 1.00 bits per heavy atom. The zero-order valence-electron chi connectivity index (χ0n) is 10.3. The number of nitrogens with zero attached hydrogens (tertiary/aromatic N) is 2. The monoisotopic (exact) mass is 198 g/mol. The number of rotatable bonds is 4. The van der Waals surface area contributed by atoms with Crippen LogP contribution in [0.4, 0.5) is 0 Å². The summed E-state index contributed by atoms with van der Waals surface area (Å²) in [5, 5.41) is 0. The molecule has 0 aromatic carbocycles. The van der Waals surface area contributed by atoms with E-state index in [1.54, 1.807) is 0 Å². The molecule has 1 fully saturated rings. The van der Waals surface area contributed by atoms with Gasteiger partial charge in [-0.15, -0.1) is 0 Å². The van der Waals surface area contributed by atoms with Crippen LogP contribution in [0.1, 0.15) is 34.1 Å². The van der Waals surface area contributed by atoms with E-state index in [9.17, 15) is 0 Å². The van der Waals surface area contributed by atoms with Crippen molar-refractivity contribution in [1.82, 2.24) is 9.80 Å². The van der Waals surface area contributed by atoms with Gasteiger partial charge >= 0.3 is 0 Å². The molecule has 14 heavy (non-hydrogen) atoms. The van der Waals surface area contributed by atoms with Crippen LogP contribution in [0.3, 0.4) is 0 Å². The number of hydrogen-bond acceptors (Lipinski definition) is 2. The van der Waals surface area contributed by atoms with Crippen molar-refractivity contribution in [3.05, 3.63) is 0 Å². The van der Waals surface area contributed by atoms with Crippen molar-refractivity contribution in [2.45, 2.75) is 40.2 Å². The molecule has 0 aliphatic carbocycles. The highest BCUT2D eigenvalue weighted by atomic mass is 15.3. The van der Waals surface area contributed by atoms with Gasteiger partial charge in [-0.2, -0.15) is 0 Å². The molecule has 0 aromatic rings. The standard InChI is InChI=1S/C12H26N2/c1-5-6-13-7-9-14(10-8-13)12(4)11(2)3/h11-12H,5-10H2,1-4H3. The molecule has 84 valence electrons. The van der Waals surface area contributed by atoms with Crippen LogP contribution in [-0.4, -0.2) is 48.6 Å². The smallest absolute Gasteiger partial charge is 0.0113 e. The highest BCUT2D eigenvalue weighted by molar-refractivity contribution is 4.77. The van der Waals surface area contributed by atoms with Crippen LogP contribution in [-0.2, 0) is 0 Å². The Morgan fingerprint density at radius 3 is 2.00 bits per heavy atom. The molecule has 2 nitrogen and oxygen atoms in total. The first-order valence-corrected chi connectivity index (χ1v) is 6.11. The van der Waals surface area contributed by atoms with Crippen LogP contribution in [0.5, 0.6) is 0 Å². The van der Waals surface area contributed by atoms with E-state index in [0.29, 0.717) is 0 Å². The summed E-state index contributed by atoms with van der Waals surface area (Å²) in [6.07, 6.45) is 1.29. The first-order chi connectivity index (χ1) is 6.65. The van der Waals surface area contributed by atoms with Gasteiger partial charge in [0, 0.05) is 32.2 Å². The third-order valence-corrected chi connectivity index (χ3v) is 3.49. The summed E-state index contributed by atoms with van der Waals surface area (Å²) in [5.41, 5.74) is 0. The Hall–Kier alpha value is -0.0800. The van der Waals surface area contributed by atoms with Crippen molar-refractivity contribution in [3.63, 3.8) is 0 Å². The second kappa shape index (κ2) is 5.72. The van der Waals surface area contributed by atoms with E-state index >= 15 is 0 Å². The summed E-state index contributed by atoms with van der Waals surface area (Å²) in [6, 6.07) is 0.749. The maximum Gasteiger partial charge on any atom is 0.0113 e. The summed E-state index contributed by atoms with van der Waals surface area (Å²) in [4.78, 5) is 5.22. The van der Waals surface area contributed by atoms with E-state index in [1.165, 1.54) is 39.1 Å². The van der Waals surface area contributed by atoms with Crippen LogP contribution in [0.15, 0.2) is 0 Å². The van der Waals surface area contributed by atoms with E-state index in [4.69, 9.17) is 0 Å². The lowest BCUT2D eigenvalue weighted by Gasteiger charge is -2.39. The summed E-state index contributed by atoms with van der Waals surface area (Å²) in [7, 11) is 0. The molecular weight excluding hydrogens is 172 g/mol. The summed E-state index contributed by atoms with van der Waals surface area (Å²) in [6.45, 7) is 15.6. The van der Waals surface area contributed by atoms with Crippen LogP contribution >= 0.6 is 0 Å². The fourth-order valence-electron chi connectivity index (χ4n) is 2.13. The van der Waals surface area contributed by atoms with Gasteiger partial charge in [-0.1, -0.05) is 20.8 Å². The average molecular weight is 198 g/mol. The van der Waals surface area contributed by atoms with Crippen molar-refractivity contribution in [1.29, 1.82) is 0 Å². The van der Waals surface area contributed by atoms with Crippen molar-refractivity contribution in [3.8, 4) is 0 Å². The first-order valence-electron chi connectivity index (χ1n) is 6.11. The topological polar surface area (TPSA) is 6.48 Å². The molecular formula is C12H26N2. The van der Waals surface area contributed by atoms with E-state index < -0.39 is 0 Å². The lowest BCUT2D eigenvalue weighted by Crippen LogP contribution is -2.50. The zero-order chi connectivity index (χ0) is 10.6. The van der Waals surface area contributed by atoms with Gasteiger partial charge in [0.05, 0.1) is 0 Å². The van der Waals surface area contributed by atoms with Gasteiger partial charge in [0.15, 0.2) is 0 Å². The SMILES string of the molecule is CCCN1CCN(C(C)C(C)C)CC1. The highest BCUT2D eigenvalue weighted by Gasteiger charge is 2.21. The number of piperazine rings is 1. The molecule has 1 atom stereocenters. The van der Waals surface area contributed by atoms with E-state index in [-0.39, 0.29) is 0 Å². The Kier molecular flexibility index (Phi) is 4.90. The van der Waals surface area contributed by atoms with Gasteiger partial charge in [-0.3, -0.25) is 4.90 Å². The molecule has 0 radical (unpaired) electrons. The van der Waals surface area contributed by atoms with Crippen molar-refractivity contribution < 1.29 is 0 Å². The van der Waals surface area contributed by atoms with E-state index in [1.807, 2.05) is 0 Å². The second-order valence-electron chi connectivity index (χ2n) is 4.86. The normalized spacial score (nSPS) is 22.9. The summed E-state index contributed by atoms with van der Waals surface area (Å²) >= 11 is 0. The van der Waals surface area contributed by atoms with Crippen molar-refractivity contribution in [2.75, 3.05) is 32.7 Å². The largest absolute Gasteiger partial charge is 0.301 e. The third-order valence-electron chi connectivity index (χ3n) is 3.49. The maximum absolute atomic E-state index is 2.64. The van der Waals surface area contributed by atoms with Gasteiger partial charge < -0.3 is 4.90 Å². The quantitative estimate of drug-likeness (QED) is 0.682. The summed E-state index contributed by atoms with van der Waals surface area (Å²) in [5.74, 6) is 0.785. The molecule has 1 unspecified atom stereocenters.